The second kappa shape index (κ2) is 9.92. The summed E-state index contributed by atoms with van der Waals surface area (Å²) in [5, 5.41) is 6.20. The number of anilines is 1. The average molecular weight is 371 g/mol. The van der Waals surface area contributed by atoms with E-state index in [-0.39, 0.29) is 11.0 Å². The van der Waals surface area contributed by atoms with Crippen LogP contribution in [0.3, 0.4) is 0 Å². The van der Waals surface area contributed by atoms with Crippen LogP contribution in [-0.2, 0) is 6.42 Å². The molecule has 1 amide bonds. The number of benzene rings is 2. The van der Waals surface area contributed by atoms with Crippen LogP contribution in [0, 0.1) is 6.92 Å². The van der Waals surface area contributed by atoms with Gasteiger partial charge in [-0.2, -0.15) is 0 Å². The van der Waals surface area contributed by atoms with Crippen molar-refractivity contribution < 1.29 is 9.53 Å². The highest BCUT2D eigenvalue weighted by atomic mass is 32.1. The van der Waals surface area contributed by atoms with Crippen molar-refractivity contribution in [2.45, 2.75) is 40.0 Å². The molecule has 26 heavy (non-hydrogen) atoms. The lowest BCUT2D eigenvalue weighted by molar-refractivity contribution is 0.0973. The van der Waals surface area contributed by atoms with E-state index in [0.717, 1.165) is 36.1 Å². The summed E-state index contributed by atoms with van der Waals surface area (Å²) in [6, 6.07) is 13.3. The predicted octanol–water partition coefficient (Wildman–Crippen LogP) is 4.86. The van der Waals surface area contributed by atoms with Crippen LogP contribution in [-0.4, -0.2) is 17.6 Å². The fraction of sp³-hybridized carbons (Fsp3) is 0.333. The first-order valence-corrected chi connectivity index (χ1v) is 9.40. The van der Waals surface area contributed by atoms with E-state index in [1.54, 1.807) is 12.1 Å². The number of aryl methyl sites for hydroxylation is 2. The van der Waals surface area contributed by atoms with Crippen LogP contribution in [0.1, 0.15) is 48.2 Å². The Morgan fingerprint density at radius 3 is 2.62 bits per heavy atom. The standard InChI is InChI=1S/C21H26N2O2S/c1-4-6-14-25-18-13-8-7-12-17(18)20(24)23-21(26)22-19-15(3)10-9-11-16(19)5-2/h7-13H,4-6,14H2,1-3H3,(H2,22,23,24,26). The molecule has 5 heteroatoms. The molecule has 2 rings (SSSR count). The van der Waals surface area contributed by atoms with Gasteiger partial charge in [-0.05, 0) is 55.2 Å². The summed E-state index contributed by atoms with van der Waals surface area (Å²) < 4.78 is 5.73. The lowest BCUT2D eigenvalue weighted by Gasteiger charge is -2.16. The minimum atomic E-state index is -0.277. The van der Waals surface area contributed by atoms with Gasteiger partial charge >= 0.3 is 0 Å². The van der Waals surface area contributed by atoms with Gasteiger partial charge in [0.1, 0.15) is 5.75 Å². The molecule has 2 aromatic rings. The minimum Gasteiger partial charge on any atom is -0.493 e. The van der Waals surface area contributed by atoms with Crippen molar-refractivity contribution in [2.75, 3.05) is 11.9 Å². The zero-order chi connectivity index (χ0) is 18.9. The van der Waals surface area contributed by atoms with E-state index in [1.807, 2.05) is 31.2 Å². The Labute approximate surface area is 161 Å². The van der Waals surface area contributed by atoms with Gasteiger partial charge < -0.3 is 10.1 Å². The molecular formula is C21H26N2O2S. The van der Waals surface area contributed by atoms with Gasteiger partial charge in [0.05, 0.1) is 12.2 Å². The lowest BCUT2D eigenvalue weighted by atomic mass is 10.1. The molecule has 0 aliphatic heterocycles. The van der Waals surface area contributed by atoms with Crippen LogP contribution in [0.4, 0.5) is 5.69 Å². The van der Waals surface area contributed by atoms with Gasteiger partial charge in [0.2, 0.25) is 0 Å². The van der Waals surface area contributed by atoms with Gasteiger partial charge in [-0.1, -0.05) is 50.6 Å². The van der Waals surface area contributed by atoms with Crippen molar-refractivity contribution in [3.8, 4) is 5.75 Å². The van der Waals surface area contributed by atoms with Gasteiger partial charge in [0.25, 0.3) is 5.91 Å². The fourth-order valence-electron chi connectivity index (χ4n) is 2.62. The number of thiocarbonyl (C=S) groups is 1. The van der Waals surface area contributed by atoms with Crippen LogP contribution in [0.2, 0.25) is 0 Å². The molecule has 0 heterocycles. The highest BCUT2D eigenvalue weighted by Crippen LogP contribution is 2.21. The Hall–Kier alpha value is -2.40. The number of amides is 1. The van der Waals surface area contributed by atoms with E-state index in [2.05, 4.69) is 30.5 Å². The molecule has 0 radical (unpaired) electrons. The van der Waals surface area contributed by atoms with Crippen molar-refractivity contribution in [3.63, 3.8) is 0 Å². The van der Waals surface area contributed by atoms with Crippen LogP contribution in [0.25, 0.3) is 0 Å². The molecule has 4 nitrogen and oxygen atoms in total. The minimum absolute atomic E-state index is 0.277. The lowest BCUT2D eigenvalue weighted by Crippen LogP contribution is -2.34. The number of nitrogens with one attached hydrogen (secondary N) is 2. The van der Waals surface area contributed by atoms with Crippen molar-refractivity contribution >= 4 is 28.9 Å². The summed E-state index contributed by atoms with van der Waals surface area (Å²) >= 11 is 5.35. The van der Waals surface area contributed by atoms with Gasteiger partial charge in [-0.25, -0.2) is 0 Å². The van der Waals surface area contributed by atoms with E-state index in [4.69, 9.17) is 17.0 Å². The highest BCUT2D eigenvalue weighted by molar-refractivity contribution is 7.80. The number of unbranched alkanes of at least 4 members (excludes halogenated alkanes) is 1. The number of ether oxygens (including phenoxy) is 1. The summed E-state index contributed by atoms with van der Waals surface area (Å²) in [6.07, 6.45) is 2.87. The van der Waals surface area contributed by atoms with E-state index < -0.39 is 0 Å². The van der Waals surface area contributed by atoms with E-state index >= 15 is 0 Å². The van der Waals surface area contributed by atoms with Crippen molar-refractivity contribution in [1.29, 1.82) is 0 Å². The molecule has 138 valence electrons. The zero-order valence-electron chi connectivity index (χ0n) is 15.6. The predicted molar refractivity (Wildman–Crippen MR) is 111 cm³/mol. The first kappa shape index (κ1) is 19.9. The Bertz CT molecular complexity index is 774. The summed E-state index contributed by atoms with van der Waals surface area (Å²) in [5.74, 6) is 0.299. The molecule has 0 saturated heterocycles. The monoisotopic (exact) mass is 370 g/mol. The van der Waals surface area contributed by atoms with Crippen molar-refractivity contribution in [2.24, 2.45) is 0 Å². The van der Waals surface area contributed by atoms with Gasteiger partial charge in [-0.15, -0.1) is 0 Å². The third-order valence-corrected chi connectivity index (χ3v) is 4.30. The summed E-state index contributed by atoms with van der Waals surface area (Å²) in [5.41, 5.74) is 3.68. The second-order valence-electron chi connectivity index (χ2n) is 6.07. The summed E-state index contributed by atoms with van der Waals surface area (Å²) in [7, 11) is 0. The van der Waals surface area contributed by atoms with Crippen LogP contribution >= 0.6 is 12.2 Å². The van der Waals surface area contributed by atoms with E-state index in [0.29, 0.717) is 17.9 Å². The Balaban J connectivity index is 2.07. The number of hydrogen-bond donors (Lipinski definition) is 2. The first-order valence-electron chi connectivity index (χ1n) is 8.99. The molecule has 0 spiro atoms. The van der Waals surface area contributed by atoms with Crippen LogP contribution in [0.5, 0.6) is 5.75 Å². The molecule has 2 aromatic carbocycles. The number of carbonyl (C=O) groups excluding carboxylic acids is 1. The number of carbonyl (C=O) groups is 1. The topological polar surface area (TPSA) is 50.4 Å². The Morgan fingerprint density at radius 2 is 1.88 bits per heavy atom. The van der Waals surface area contributed by atoms with Gasteiger partial charge in [0.15, 0.2) is 5.11 Å². The average Bonchev–Trinajstić information content (AvgIpc) is 2.64. The quantitative estimate of drug-likeness (QED) is 0.540. The van der Waals surface area contributed by atoms with Crippen LogP contribution < -0.4 is 15.4 Å². The molecule has 0 unspecified atom stereocenters. The normalized spacial score (nSPS) is 10.3. The summed E-state index contributed by atoms with van der Waals surface area (Å²) in [6.45, 7) is 6.79. The Kier molecular flexibility index (Phi) is 7.60. The fourth-order valence-corrected chi connectivity index (χ4v) is 2.82. The van der Waals surface area contributed by atoms with Crippen LogP contribution in [0.15, 0.2) is 42.5 Å². The molecule has 0 aliphatic rings. The Morgan fingerprint density at radius 1 is 1.12 bits per heavy atom. The molecule has 0 saturated carbocycles. The number of rotatable bonds is 7. The SMILES string of the molecule is CCCCOc1ccccc1C(=O)NC(=S)Nc1c(C)cccc1CC. The van der Waals surface area contributed by atoms with Gasteiger partial charge in [0, 0.05) is 5.69 Å². The number of hydrogen-bond acceptors (Lipinski definition) is 3. The highest BCUT2D eigenvalue weighted by Gasteiger charge is 2.14. The molecular weight excluding hydrogens is 344 g/mol. The molecule has 0 bridgehead atoms. The maximum Gasteiger partial charge on any atom is 0.261 e. The third-order valence-electron chi connectivity index (χ3n) is 4.09. The molecule has 0 fully saturated rings. The first-order chi connectivity index (χ1) is 12.6. The van der Waals surface area contributed by atoms with E-state index in [9.17, 15) is 4.79 Å². The van der Waals surface area contributed by atoms with E-state index in [1.165, 1.54) is 0 Å². The maximum atomic E-state index is 12.6. The smallest absolute Gasteiger partial charge is 0.261 e. The molecule has 0 aromatic heterocycles. The van der Waals surface area contributed by atoms with Crippen molar-refractivity contribution in [3.05, 3.63) is 59.2 Å². The third kappa shape index (κ3) is 5.30. The number of para-hydroxylation sites is 2. The molecule has 0 aliphatic carbocycles. The second-order valence-corrected chi connectivity index (χ2v) is 6.48. The van der Waals surface area contributed by atoms with Gasteiger partial charge in [-0.3, -0.25) is 10.1 Å². The van der Waals surface area contributed by atoms with Crippen molar-refractivity contribution in [1.82, 2.24) is 5.32 Å². The summed E-state index contributed by atoms with van der Waals surface area (Å²) in [4.78, 5) is 12.6. The molecule has 0 atom stereocenters. The molecule has 2 N–H and O–H groups in total. The zero-order valence-corrected chi connectivity index (χ0v) is 16.4. The largest absolute Gasteiger partial charge is 0.493 e. The maximum absolute atomic E-state index is 12.6.